The number of thiol groups is 1. The normalized spacial score (nSPS) is 11.4. The summed E-state index contributed by atoms with van der Waals surface area (Å²) in [5.41, 5.74) is 0. The summed E-state index contributed by atoms with van der Waals surface area (Å²) in [5, 5.41) is 0. The summed E-state index contributed by atoms with van der Waals surface area (Å²) >= 11 is 4.07. The van der Waals surface area contributed by atoms with Gasteiger partial charge in [0.25, 0.3) is 0 Å². The Morgan fingerprint density at radius 1 is 1.50 bits per heavy atom. The molecule has 0 bridgehead atoms. The fraction of sp³-hybridized carbons (Fsp3) is 1.00. The Morgan fingerprint density at radius 3 is 2.50 bits per heavy atom. The predicted molar refractivity (Wildman–Crippen MR) is 53.8 cm³/mol. The molecule has 0 radical (unpaired) electrons. The number of hydrogen-bond acceptors (Lipinski definition) is 3. The van der Waals surface area contributed by atoms with Crippen molar-refractivity contribution in [2.24, 2.45) is 0 Å². The van der Waals surface area contributed by atoms with E-state index in [9.17, 15) is 0 Å². The van der Waals surface area contributed by atoms with Crippen molar-refractivity contribution in [3.63, 3.8) is 0 Å². The highest BCUT2D eigenvalue weighted by atomic mass is 33.1. The zero-order valence-corrected chi connectivity index (χ0v) is 8.71. The van der Waals surface area contributed by atoms with Crippen LogP contribution in [-0.4, -0.2) is 30.3 Å². The van der Waals surface area contributed by atoms with E-state index in [1.807, 2.05) is 0 Å². The van der Waals surface area contributed by atoms with Crippen LogP contribution in [0.4, 0.5) is 0 Å². The van der Waals surface area contributed by atoms with Crippen LogP contribution >= 0.6 is 22.5 Å². The van der Waals surface area contributed by atoms with Crippen LogP contribution in [0.1, 0.15) is 20.3 Å². The zero-order chi connectivity index (χ0) is 7.98. The Kier molecular flexibility index (Phi) is 6.80. The minimum absolute atomic E-state index is 0.671. The molecule has 0 spiro atoms. The van der Waals surface area contributed by atoms with Gasteiger partial charge in [-0.1, -0.05) is 10.8 Å². The van der Waals surface area contributed by atoms with Crippen LogP contribution in [-0.2, 0) is 0 Å². The van der Waals surface area contributed by atoms with Gasteiger partial charge in [-0.05, 0) is 33.9 Å². The highest BCUT2D eigenvalue weighted by Gasteiger charge is 2.00. The summed E-state index contributed by atoms with van der Waals surface area (Å²) in [6, 6.07) is 0.671. The molecule has 0 saturated carbocycles. The van der Waals surface area contributed by atoms with E-state index in [4.69, 9.17) is 0 Å². The summed E-state index contributed by atoms with van der Waals surface area (Å²) in [6.45, 7) is 5.62. The number of nitrogens with zero attached hydrogens (tertiary/aromatic N) is 1. The smallest absolute Gasteiger partial charge is 0.00466 e. The average molecular weight is 179 g/mol. The van der Waals surface area contributed by atoms with Crippen LogP contribution in [0.5, 0.6) is 0 Å². The average Bonchev–Trinajstić information content (AvgIpc) is 1.88. The number of hydrogen-bond donors (Lipinski definition) is 1. The highest BCUT2D eigenvalue weighted by Crippen LogP contribution is 2.07. The zero-order valence-electron chi connectivity index (χ0n) is 7.00. The van der Waals surface area contributed by atoms with Crippen molar-refractivity contribution >= 4 is 22.5 Å². The van der Waals surface area contributed by atoms with Gasteiger partial charge < -0.3 is 4.90 Å². The first kappa shape index (κ1) is 10.7. The lowest BCUT2D eigenvalue weighted by Gasteiger charge is -2.20. The molecule has 0 aliphatic heterocycles. The van der Waals surface area contributed by atoms with Gasteiger partial charge in [0, 0.05) is 11.8 Å². The molecular formula is C7H17NS2. The van der Waals surface area contributed by atoms with Crippen molar-refractivity contribution in [3.8, 4) is 0 Å². The van der Waals surface area contributed by atoms with E-state index in [0.717, 1.165) is 5.75 Å². The maximum Gasteiger partial charge on any atom is 0.00466 e. The van der Waals surface area contributed by atoms with E-state index in [0.29, 0.717) is 6.04 Å². The van der Waals surface area contributed by atoms with Crippen LogP contribution in [0.15, 0.2) is 0 Å². The monoisotopic (exact) mass is 179 g/mol. The minimum Gasteiger partial charge on any atom is -0.304 e. The van der Waals surface area contributed by atoms with Crippen molar-refractivity contribution in [3.05, 3.63) is 0 Å². The van der Waals surface area contributed by atoms with Gasteiger partial charge in [0.15, 0.2) is 0 Å². The van der Waals surface area contributed by atoms with Gasteiger partial charge in [-0.25, -0.2) is 0 Å². The lowest BCUT2D eigenvalue weighted by Crippen LogP contribution is -2.27. The lowest BCUT2D eigenvalue weighted by molar-refractivity contribution is 0.275. The third-order valence-electron chi connectivity index (χ3n) is 1.63. The van der Waals surface area contributed by atoms with Gasteiger partial charge in [0.1, 0.15) is 0 Å². The van der Waals surface area contributed by atoms with Crippen LogP contribution in [0.2, 0.25) is 0 Å². The maximum atomic E-state index is 4.07. The standard InChI is InChI=1S/C7H17NS2/c1-7(2)8(3)5-4-6-10-9/h7,9H,4-6H2,1-3H3. The molecule has 0 rings (SSSR count). The SMILES string of the molecule is CC(C)N(C)CCCSS. The molecule has 0 aromatic rings. The van der Waals surface area contributed by atoms with Crippen LogP contribution in [0.25, 0.3) is 0 Å². The fourth-order valence-electron chi connectivity index (χ4n) is 0.637. The summed E-state index contributed by atoms with van der Waals surface area (Å²) in [6.07, 6.45) is 1.24. The molecule has 10 heavy (non-hydrogen) atoms. The van der Waals surface area contributed by atoms with Crippen molar-refractivity contribution in [1.29, 1.82) is 0 Å². The first-order chi connectivity index (χ1) is 4.68. The van der Waals surface area contributed by atoms with Crippen LogP contribution in [0, 0.1) is 0 Å². The van der Waals surface area contributed by atoms with Crippen molar-refractivity contribution in [1.82, 2.24) is 4.90 Å². The van der Waals surface area contributed by atoms with E-state index >= 15 is 0 Å². The summed E-state index contributed by atoms with van der Waals surface area (Å²) in [7, 11) is 3.78. The van der Waals surface area contributed by atoms with Crippen LogP contribution in [0.3, 0.4) is 0 Å². The summed E-state index contributed by atoms with van der Waals surface area (Å²) in [5.74, 6) is 1.15. The molecule has 1 nitrogen and oxygen atoms in total. The Bertz CT molecular complexity index is 76.0. The first-order valence-corrected chi connectivity index (χ1v) is 5.69. The molecule has 0 aliphatic rings. The van der Waals surface area contributed by atoms with Crippen molar-refractivity contribution < 1.29 is 0 Å². The molecule has 0 unspecified atom stereocenters. The minimum atomic E-state index is 0.671. The van der Waals surface area contributed by atoms with Crippen molar-refractivity contribution in [2.75, 3.05) is 19.3 Å². The molecule has 0 fully saturated rings. The molecule has 0 heterocycles. The molecule has 0 aromatic heterocycles. The molecule has 0 saturated heterocycles. The molecule has 0 atom stereocenters. The Balaban J connectivity index is 3.13. The summed E-state index contributed by atoms with van der Waals surface area (Å²) < 4.78 is 0. The Morgan fingerprint density at radius 2 is 2.10 bits per heavy atom. The largest absolute Gasteiger partial charge is 0.304 e. The van der Waals surface area contributed by atoms with Gasteiger partial charge in [0.05, 0.1) is 0 Å². The second kappa shape index (κ2) is 6.38. The quantitative estimate of drug-likeness (QED) is 0.392. The van der Waals surface area contributed by atoms with Gasteiger partial charge in [-0.15, -0.1) is 11.7 Å². The molecule has 0 aromatic carbocycles. The molecule has 0 aliphatic carbocycles. The predicted octanol–water partition coefficient (Wildman–Crippen LogP) is 2.29. The first-order valence-electron chi connectivity index (χ1n) is 3.65. The lowest BCUT2D eigenvalue weighted by atomic mass is 10.3. The molecule has 62 valence electrons. The second-order valence-corrected chi connectivity index (χ2v) is 4.20. The Labute approximate surface area is 73.4 Å². The topological polar surface area (TPSA) is 3.24 Å². The van der Waals surface area contributed by atoms with Crippen LogP contribution < -0.4 is 0 Å². The van der Waals surface area contributed by atoms with E-state index in [2.05, 4.69) is 37.5 Å². The summed E-state index contributed by atoms with van der Waals surface area (Å²) in [4.78, 5) is 2.35. The third-order valence-corrected chi connectivity index (χ3v) is 2.65. The van der Waals surface area contributed by atoms with Gasteiger partial charge in [-0.3, -0.25) is 0 Å². The van der Waals surface area contributed by atoms with Gasteiger partial charge >= 0.3 is 0 Å². The molecular weight excluding hydrogens is 162 g/mol. The third kappa shape index (κ3) is 5.45. The van der Waals surface area contributed by atoms with Gasteiger partial charge in [0.2, 0.25) is 0 Å². The molecule has 0 N–H and O–H groups in total. The maximum absolute atomic E-state index is 4.07. The Hall–Kier alpha value is 0.660. The van der Waals surface area contributed by atoms with Crippen molar-refractivity contribution in [2.45, 2.75) is 26.3 Å². The van der Waals surface area contributed by atoms with Gasteiger partial charge in [-0.2, -0.15) is 0 Å². The molecule has 3 heteroatoms. The van der Waals surface area contributed by atoms with E-state index in [1.54, 1.807) is 10.8 Å². The molecule has 0 amide bonds. The second-order valence-electron chi connectivity index (χ2n) is 2.76. The van der Waals surface area contributed by atoms with E-state index in [1.165, 1.54) is 13.0 Å². The van der Waals surface area contributed by atoms with E-state index < -0.39 is 0 Å². The number of rotatable bonds is 5. The highest BCUT2D eigenvalue weighted by molar-refractivity contribution is 8.68. The fourth-order valence-corrected chi connectivity index (χ4v) is 1.28. The van der Waals surface area contributed by atoms with E-state index in [-0.39, 0.29) is 0 Å².